The molecule has 1 aliphatic rings. The summed E-state index contributed by atoms with van der Waals surface area (Å²) >= 11 is 0. The number of imide groups is 1. The lowest BCUT2D eigenvalue weighted by Crippen LogP contribution is -2.47. The van der Waals surface area contributed by atoms with Gasteiger partial charge in [0.1, 0.15) is 11.9 Å². The van der Waals surface area contributed by atoms with Crippen molar-refractivity contribution < 1.29 is 22.8 Å². The van der Waals surface area contributed by atoms with Crippen LogP contribution in [0.4, 0.5) is 24.9 Å². The minimum absolute atomic E-state index is 0.0934. The number of hydrogen-bond donors (Lipinski definition) is 3. The quantitative estimate of drug-likeness (QED) is 0.675. The Morgan fingerprint density at radius 1 is 1.35 bits per heavy atom. The maximum absolute atomic E-state index is 12.6. The fourth-order valence-corrected chi connectivity index (χ4v) is 1.69. The molecule has 0 aliphatic carbocycles. The van der Waals surface area contributed by atoms with Crippen LogP contribution in [-0.4, -0.2) is 27.8 Å². The van der Waals surface area contributed by atoms with Gasteiger partial charge < -0.3 is 11.1 Å². The largest absolute Gasteiger partial charge is 0.433 e. The molecule has 10 heteroatoms. The smallest absolute Gasteiger partial charge is 0.368 e. The summed E-state index contributed by atoms with van der Waals surface area (Å²) in [4.78, 5) is 29.1. The molecule has 0 radical (unpaired) electrons. The molecule has 0 spiro atoms. The molecular weight excluding hydrogens is 279 g/mol. The molecule has 1 aromatic heterocycles. The van der Waals surface area contributed by atoms with Crippen molar-refractivity contribution in [2.24, 2.45) is 0 Å². The van der Waals surface area contributed by atoms with Crippen molar-refractivity contribution in [3.63, 3.8) is 0 Å². The summed E-state index contributed by atoms with van der Waals surface area (Å²) in [5.41, 5.74) is 3.99. The van der Waals surface area contributed by atoms with Crippen LogP contribution < -0.4 is 16.4 Å². The zero-order valence-electron chi connectivity index (χ0n) is 9.99. The molecule has 0 saturated carbocycles. The van der Waals surface area contributed by atoms with E-state index in [9.17, 15) is 22.8 Å². The van der Waals surface area contributed by atoms with Crippen LogP contribution in [-0.2, 0) is 15.8 Å². The van der Waals surface area contributed by atoms with Crippen molar-refractivity contribution in [2.45, 2.75) is 25.1 Å². The van der Waals surface area contributed by atoms with Gasteiger partial charge in [0.15, 0.2) is 5.69 Å². The topological polar surface area (TPSA) is 110 Å². The van der Waals surface area contributed by atoms with E-state index in [1.165, 1.54) is 0 Å². The summed E-state index contributed by atoms with van der Waals surface area (Å²) in [5.74, 6) is -1.83. The van der Waals surface area contributed by atoms with Crippen molar-refractivity contribution >= 4 is 23.6 Å². The number of carbonyl (C=O) groups is 2. The highest BCUT2D eigenvalue weighted by atomic mass is 19.4. The number of anilines is 2. The molecule has 1 fully saturated rings. The standard InChI is InChI=1S/C10H10F3N5O2/c11-10(12,13)5-3-6(17-9(14)16-5)15-4-1-2-7(19)18-8(4)20/h3-4H,1-2H2,(H,18,19,20)(H3,14,15,16,17). The predicted molar refractivity (Wildman–Crippen MR) is 61.2 cm³/mol. The average molecular weight is 289 g/mol. The van der Waals surface area contributed by atoms with Gasteiger partial charge in [-0.25, -0.2) is 4.98 Å². The molecule has 2 rings (SSSR count). The van der Waals surface area contributed by atoms with Crippen LogP contribution in [0.5, 0.6) is 0 Å². The van der Waals surface area contributed by atoms with E-state index < -0.39 is 35.7 Å². The zero-order chi connectivity index (χ0) is 14.9. The minimum Gasteiger partial charge on any atom is -0.368 e. The molecule has 0 bridgehead atoms. The third-order valence-electron chi connectivity index (χ3n) is 2.60. The zero-order valence-corrected chi connectivity index (χ0v) is 9.99. The highest BCUT2D eigenvalue weighted by Crippen LogP contribution is 2.29. The molecule has 20 heavy (non-hydrogen) atoms. The Morgan fingerprint density at radius 3 is 2.65 bits per heavy atom. The van der Waals surface area contributed by atoms with Crippen LogP contribution in [0, 0.1) is 0 Å². The molecule has 0 aromatic carbocycles. The number of nitrogen functional groups attached to an aromatic ring is 1. The molecule has 1 unspecified atom stereocenters. The van der Waals surface area contributed by atoms with E-state index in [2.05, 4.69) is 20.6 Å². The number of carbonyl (C=O) groups excluding carboxylic acids is 2. The Morgan fingerprint density at radius 2 is 2.05 bits per heavy atom. The second kappa shape index (κ2) is 4.94. The Labute approximate surface area is 110 Å². The van der Waals surface area contributed by atoms with Gasteiger partial charge in [-0.05, 0) is 6.42 Å². The number of alkyl halides is 3. The van der Waals surface area contributed by atoms with E-state index in [1.54, 1.807) is 0 Å². The first kappa shape index (κ1) is 14.0. The van der Waals surface area contributed by atoms with E-state index in [0.717, 1.165) is 0 Å². The number of hydrogen-bond acceptors (Lipinski definition) is 6. The van der Waals surface area contributed by atoms with Gasteiger partial charge in [-0.1, -0.05) is 0 Å². The number of piperidine rings is 1. The fourth-order valence-electron chi connectivity index (χ4n) is 1.69. The Hall–Kier alpha value is -2.39. The Bertz CT molecular complexity index is 560. The van der Waals surface area contributed by atoms with Gasteiger partial charge in [-0.15, -0.1) is 0 Å². The van der Waals surface area contributed by atoms with Crippen LogP contribution in [0.15, 0.2) is 6.07 Å². The summed E-state index contributed by atoms with van der Waals surface area (Å²) in [6, 6.07) is -0.192. The summed E-state index contributed by atoms with van der Waals surface area (Å²) in [5, 5.41) is 4.58. The van der Waals surface area contributed by atoms with Gasteiger partial charge in [-0.2, -0.15) is 18.2 Å². The van der Waals surface area contributed by atoms with Gasteiger partial charge in [0.25, 0.3) is 0 Å². The molecular formula is C10H10F3N5O2. The first-order valence-corrected chi connectivity index (χ1v) is 5.57. The second-order valence-electron chi connectivity index (χ2n) is 4.14. The third kappa shape index (κ3) is 3.13. The SMILES string of the molecule is Nc1nc(NC2CCC(=O)NC2=O)cc(C(F)(F)F)n1. The maximum Gasteiger partial charge on any atom is 0.433 e. The van der Waals surface area contributed by atoms with Gasteiger partial charge in [0, 0.05) is 12.5 Å². The van der Waals surface area contributed by atoms with E-state index >= 15 is 0 Å². The lowest BCUT2D eigenvalue weighted by molar-refractivity contribution is -0.141. The maximum atomic E-state index is 12.6. The lowest BCUT2D eigenvalue weighted by Gasteiger charge is -2.22. The molecule has 1 atom stereocenters. The number of aromatic nitrogens is 2. The van der Waals surface area contributed by atoms with Gasteiger partial charge >= 0.3 is 6.18 Å². The fraction of sp³-hybridized carbons (Fsp3) is 0.400. The van der Waals surface area contributed by atoms with E-state index in [0.29, 0.717) is 6.07 Å². The average Bonchev–Trinajstić information content (AvgIpc) is 2.31. The highest BCUT2D eigenvalue weighted by Gasteiger charge is 2.34. The molecule has 108 valence electrons. The monoisotopic (exact) mass is 289 g/mol. The van der Waals surface area contributed by atoms with Crippen molar-refractivity contribution in [2.75, 3.05) is 11.1 Å². The molecule has 4 N–H and O–H groups in total. The molecule has 7 nitrogen and oxygen atoms in total. The molecule has 2 amide bonds. The summed E-state index contributed by atoms with van der Waals surface area (Å²) < 4.78 is 37.7. The number of amides is 2. The van der Waals surface area contributed by atoms with E-state index in [1.807, 2.05) is 0 Å². The number of nitrogens with zero attached hydrogens (tertiary/aromatic N) is 2. The third-order valence-corrected chi connectivity index (χ3v) is 2.60. The summed E-state index contributed by atoms with van der Waals surface area (Å²) in [7, 11) is 0. The van der Waals surface area contributed by atoms with Crippen molar-refractivity contribution in [3.8, 4) is 0 Å². The number of halogens is 3. The Kier molecular flexibility index (Phi) is 3.47. The first-order chi connectivity index (χ1) is 9.25. The first-order valence-electron chi connectivity index (χ1n) is 5.57. The molecule has 1 aliphatic heterocycles. The number of nitrogens with one attached hydrogen (secondary N) is 2. The van der Waals surface area contributed by atoms with Crippen LogP contribution >= 0.6 is 0 Å². The molecule has 1 saturated heterocycles. The van der Waals surface area contributed by atoms with Crippen molar-refractivity contribution in [1.82, 2.24) is 15.3 Å². The normalized spacial score (nSPS) is 19.6. The molecule has 2 heterocycles. The lowest BCUT2D eigenvalue weighted by atomic mass is 10.1. The number of rotatable bonds is 2. The minimum atomic E-state index is -4.67. The summed E-state index contributed by atoms with van der Waals surface area (Å²) in [6.45, 7) is 0. The van der Waals surface area contributed by atoms with Crippen LogP contribution in [0.2, 0.25) is 0 Å². The number of nitrogens with two attached hydrogens (primary N) is 1. The summed E-state index contributed by atoms with van der Waals surface area (Å²) in [6.07, 6.45) is -4.41. The van der Waals surface area contributed by atoms with Gasteiger partial charge in [-0.3, -0.25) is 14.9 Å². The van der Waals surface area contributed by atoms with Crippen molar-refractivity contribution in [3.05, 3.63) is 11.8 Å². The Balaban J connectivity index is 2.19. The predicted octanol–water partition coefficient (Wildman–Crippen LogP) is 0.295. The van der Waals surface area contributed by atoms with Crippen LogP contribution in [0.3, 0.4) is 0 Å². The van der Waals surface area contributed by atoms with Gasteiger partial charge in [0.2, 0.25) is 17.8 Å². The van der Waals surface area contributed by atoms with E-state index in [4.69, 9.17) is 5.73 Å². The van der Waals surface area contributed by atoms with Crippen LogP contribution in [0.1, 0.15) is 18.5 Å². The van der Waals surface area contributed by atoms with E-state index in [-0.39, 0.29) is 18.7 Å². The van der Waals surface area contributed by atoms with Gasteiger partial charge in [0.05, 0.1) is 0 Å². The second-order valence-corrected chi connectivity index (χ2v) is 4.14. The molecule has 1 aromatic rings. The van der Waals surface area contributed by atoms with Crippen LogP contribution in [0.25, 0.3) is 0 Å². The highest BCUT2D eigenvalue weighted by molar-refractivity contribution is 6.01. The van der Waals surface area contributed by atoms with Crippen molar-refractivity contribution in [1.29, 1.82) is 0 Å².